The SMILES string of the molecule is CCS(=O)(=O)NC1CCC(CN2CCC(Nc3ncnc4cc(CC(F)(F)F)ccc34)CC2)CC1. The van der Waals surface area contributed by atoms with Gasteiger partial charge in [0.2, 0.25) is 10.0 Å². The van der Waals surface area contributed by atoms with Crippen LogP contribution < -0.4 is 10.0 Å². The van der Waals surface area contributed by atoms with Gasteiger partial charge in [0, 0.05) is 37.1 Å². The molecule has 35 heavy (non-hydrogen) atoms. The highest BCUT2D eigenvalue weighted by atomic mass is 32.2. The Morgan fingerprint density at radius 1 is 1.03 bits per heavy atom. The molecule has 0 amide bonds. The molecule has 0 bridgehead atoms. The predicted molar refractivity (Wildman–Crippen MR) is 131 cm³/mol. The minimum atomic E-state index is -4.25. The van der Waals surface area contributed by atoms with E-state index in [9.17, 15) is 21.6 Å². The summed E-state index contributed by atoms with van der Waals surface area (Å²) in [5.74, 6) is 1.39. The second kappa shape index (κ2) is 11.0. The van der Waals surface area contributed by atoms with Crippen molar-refractivity contribution in [2.45, 2.75) is 70.1 Å². The van der Waals surface area contributed by atoms with Gasteiger partial charge in [-0.1, -0.05) is 6.07 Å². The summed E-state index contributed by atoms with van der Waals surface area (Å²) in [5.41, 5.74) is 0.707. The molecule has 2 aromatic rings. The smallest absolute Gasteiger partial charge is 0.367 e. The molecule has 1 aromatic carbocycles. The van der Waals surface area contributed by atoms with Crippen molar-refractivity contribution in [1.29, 1.82) is 0 Å². The summed E-state index contributed by atoms with van der Waals surface area (Å²) in [6, 6.07) is 4.97. The number of hydrogen-bond donors (Lipinski definition) is 2. The molecule has 0 unspecified atom stereocenters. The van der Waals surface area contributed by atoms with Crippen molar-refractivity contribution in [2.24, 2.45) is 5.92 Å². The maximum absolute atomic E-state index is 12.7. The molecule has 4 rings (SSSR count). The van der Waals surface area contributed by atoms with E-state index in [0.29, 0.717) is 17.3 Å². The first kappa shape index (κ1) is 26.1. The number of halogens is 3. The fourth-order valence-corrected chi connectivity index (χ4v) is 6.09. The number of hydrogen-bond acceptors (Lipinski definition) is 6. The predicted octanol–water partition coefficient (Wildman–Crippen LogP) is 4.11. The molecular formula is C24H34F3N5O2S. The van der Waals surface area contributed by atoms with Gasteiger partial charge in [-0.25, -0.2) is 23.1 Å². The van der Waals surface area contributed by atoms with E-state index in [1.54, 1.807) is 13.0 Å². The Kier molecular flexibility index (Phi) is 8.17. The highest BCUT2D eigenvalue weighted by molar-refractivity contribution is 7.89. The van der Waals surface area contributed by atoms with Crippen LogP contribution in [0, 0.1) is 5.92 Å². The Morgan fingerprint density at radius 2 is 1.74 bits per heavy atom. The lowest BCUT2D eigenvalue weighted by atomic mass is 9.86. The van der Waals surface area contributed by atoms with Crippen molar-refractivity contribution in [3.63, 3.8) is 0 Å². The van der Waals surface area contributed by atoms with Gasteiger partial charge in [0.05, 0.1) is 17.7 Å². The highest BCUT2D eigenvalue weighted by Gasteiger charge is 2.29. The lowest BCUT2D eigenvalue weighted by Gasteiger charge is -2.37. The Hall–Kier alpha value is -1.98. The standard InChI is InChI=1S/C24H34F3N5O2S/c1-2-35(33,34)31-20-6-3-17(4-7-20)15-32-11-9-19(10-12-32)30-23-21-8-5-18(14-24(25,26)27)13-22(21)28-16-29-23/h5,8,13,16-17,19-20,31H,2-4,6-7,9-12,14-15H2,1H3,(H,28,29,30). The summed E-state index contributed by atoms with van der Waals surface area (Å²) < 4.78 is 64.6. The number of benzene rings is 1. The van der Waals surface area contributed by atoms with Gasteiger partial charge in [0.25, 0.3) is 0 Å². The van der Waals surface area contributed by atoms with Crippen LogP contribution in [0.2, 0.25) is 0 Å². The molecule has 0 spiro atoms. The maximum atomic E-state index is 12.7. The average molecular weight is 514 g/mol. The number of fused-ring (bicyclic) bond motifs is 1. The largest absolute Gasteiger partial charge is 0.393 e. The van der Waals surface area contributed by atoms with Crippen LogP contribution in [0.25, 0.3) is 10.9 Å². The highest BCUT2D eigenvalue weighted by Crippen LogP contribution is 2.29. The number of alkyl halides is 3. The molecule has 0 radical (unpaired) electrons. The van der Waals surface area contributed by atoms with Crippen molar-refractivity contribution < 1.29 is 21.6 Å². The molecule has 1 aliphatic heterocycles. The molecule has 1 saturated carbocycles. The minimum Gasteiger partial charge on any atom is -0.367 e. The van der Waals surface area contributed by atoms with Gasteiger partial charge in [-0.3, -0.25) is 0 Å². The second-order valence-corrected chi connectivity index (χ2v) is 11.9. The molecule has 11 heteroatoms. The third kappa shape index (κ3) is 7.50. The van der Waals surface area contributed by atoms with Crippen molar-refractivity contribution in [1.82, 2.24) is 19.6 Å². The number of aromatic nitrogens is 2. The van der Waals surface area contributed by atoms with Crippen LogP contribution in [-0.2, 0) is 16.4 Å². The third-order valence-corrected chi connectivity index (χ3v) is 8.58. The first-order valence-corrected chi connectivity index (χ1v) is 14.0. The lowest BCUT2D eigenvalue weighted by molar-refractivity contribution is -0.127. The van der Waals surface area contributed by atoms with Crippen LogP contribution in [0.1, 0.15) is 51.0 Å². The van der Waals surface area contributed by atoms with E-state index in [4.69, 9.17) is 0 Å². The number of nitrogens with zero attached hydrogens (tertiary/aromatic N) is 3. The van der Waals surface area contributed by atoms with E-state index in [2.05, 4.69) is 24.9 Å². The zero-order chi connectivity index (χ0) is 25.1. The maximum Gasteiger partial charge on any atom is 0.393 e. The van der Waals surface area contributed by atoms with Crippen LogP contribution in [0.3, 0.4) is 0 Å². The molecule has 2 aliphatic rings. The van der Waals surface area contributed by atoms with Crippen molar-refractivity contribution >= 4 is 26.7 Å². The van der Waals surface area contributed by atoms with E-state index < -0.39 is 22.6 Å². The van der Waals surface area contributed by atoms with Crippen molar-refractivity contribution in [3.05, 3.63) is 30.1 Å². The number of sulfonamides is 1. The van der Waals surface area contributed by atoms with Gasteiger partial charge in [-0.15, -0.1) is 0 Å². The second-order valence-electron chi connectivity index (χ2n) is 9.82. The zero-order valence-electron chi connectivity index (χ0n) is 20.0. The number of piperidine rings is 1. The Labute approximate surface area is 204 Å². The minimum absolute atomic E-state index is 0.0679. The Bertz CT molecular complexity index is 1100. The van der Waals surface area contributed by atoms with Gasteiger partial charge < -0.3 is 10.2 Å². The quantitative estimate of drug-likeness (QED) is 0.553. The molecule has 194 valence electrons. The van der Waals surface area contributed by atoms with Crippen LogP contribution in [-0.4, -0.2) is 66.9 Å². The monoisotopic (exact) mass is 513 g/mol. The molecule has 2 fully saturated rings. The van der Waals surface area contributed by atoms with Gasteiger partial charge in [0.1, 0.15) is 12.1 Å². The van der Waals surface area contributed by atoms with Gasteiger partial charge in [-0.2, -0.15) is 13.2 Å². The molecule has 0 atom stereocenters. The number of nitrogens with one attached hydrogen (secondary N) is 2. The molecule has 7 nitrogen and oxygen atoms in total. The fourth-order valence-electron chi connectivity index (χ4n) is 5.18. The molecule has 1 aliphatic carbocycles. The van der Waals surface area contributed by atoms with E-state index in [1.807, 2.05) is 0 Å². The molecular weight excluding hydrogens is 479 g/mol. The van der Waals surface area contributed by atoms with E-state index in [1.165, 1.54) is 18.5 Å². The van der Waals surface area contributed by atoms with E-state index in [0.717, 1.165) is 63.5 Å². The van der Waals surface area contributed by atoms with Crippen LogP contribution in [0.15, 0.2) is 24.5 Å². The molecule has 2 heterocycles. The van der Waals surface area contributed by atoms with Crippen molar-refractivity contribution in [2.75, 3.05) is 30.7 Å². The molecule has 1 saturated heterocycles. The average Bonchev–Trinajstić information content (AvgIpc) is 2.80. The summed E-state index contributed by atoms with van der Waals surface area (Å²) >= 11 is 0. The Balaban J connectivity index is 1.25. The van der Waals surface area contributed by atoms with Crippen LogP contribution in [0.4, 0.5) is 19.0 Å². The number of rotatable bonds is 8. The lowest BCUT2D eigenvalue weighted by Crippen LogP contribution is -2.43. The fraction of sp³-hybridized carbons (Fsp3) is 0.667. The van der Waals surface area contributed by atoms with E-state index >= 15 is 0 Å². The first-order valence-electron chi connectivity index (χ1n) is 12.4. The first-order chi connectivity index (χ1) is 16.6. The third-order valence-electron chi connectivity index (χ3n) is 7.12. The van der Waals surface area contributed by atoms with E-state index in [-0.39, 0.29) is 23.4 Å². The normalized spacial score (nSPS) is 23.0. The molecule has 1 aromatic heterocycles. The van der Waals surface area contributed by atoms with Gasteiger partial charge >= 0.3 is 6.18 Å². The Morgan fingerprint density at radius 3 is 2.40 bits per heavy atom. The number of anilines is 1. The van der Waals surface area contributed by atoms with Gasteiger partial charge in [-0.05, 0) is 69.1 Å². The number of likely N-dealkylation sites (tertiary alicyclic amines) is 1. The summed E-state index contributed by atoms with van der Waals surface area (Å²) in [7, 11) is -3.14. The summed E-state index contributed by atoms with van der Waals surface area (Å²) in [4.78, 5) is 11.0. The molecule has 2 N–H and O–H groups in total. The zero-order valence-corrected chi connectivity index (χ0v) is 20.8. The summed E-state index contributed by atoms with van der Waals surface area (Å²) in [5, 5.41) is 4.22. The van der Waals surface area contributed by atoms with Crippen LogP contribution in [0.5, 0.6) is 0 Å². The van der Waals surface area contributed by atoms with Gasteiger partial charge in [0.15, 0.2) is 0 Å². The summed E-state index contributed by atoms with van der Waals surface area (Å²) in [6.07, 6.45) is 1.98. The van der Waals surface area contributed by atoms with Crippen molar-refractivity contribution in [3.8, 4) is 0 Å². The summed E-state index contributed by atoms with van der Waals surface area (Å²) in [6.45, 7) is 4.64. The topological polar surface area (TPSA) is 87.2 Å². The van der Waals surface area contributed by atoms with Crippen LogP contribution >= 0.6 is 0 Å².